The summed E-state index contributed by atoms with van der Waals surface area (Å²) in [6, 6.07) is 1.83. The zero-order valence-corrected chi connectivity index (χ0v) is 7.20. The minimum Gasteiger partial charge on any atom is -0.383 e. The molecule has 64 valence electrons. The molecule has 0 radical (unpaired) electrons. The van der Waals surface area contributed by atoms with Crippen LogP contribution in [-0.4, -0.2) is 25.3 Å². The van der Waals surface area contributed by atoms with Crippen molar-refractivity contribution in [2.45, 2.75) is 0 Å². The highest BCUT2D eigenvalue weighted by molar-refractivity contribution is 5.84. The molecule has 4 nitrogen and oxygen atoms in total. The molecule has 1 heterocycles. The summed E-state index contributed by atoms with van der Waals surface area (Å²) in [7, 11) is 3.84. The zero-order chi connectivity index (χ0) is 9.14. The van der Waals surface area contributed by atoms with E-state index in [0.29, 0.717) is 11.4 Å². The fraction of sp³-hybridized carbons (Fsp3) is 0.250. The van der Waals surface area contributed by atoms with Crippen LogP contribution in [0, 0.1) is 5.41 Å². The van der Waals surface area contributed by atoms with E-state index in [4.69, 9.17) is 11.1 Å². The number of nitrogens with two attached hydrogens (primary N) is 1. The van der Waals surface area contributed by atoms with Gasteiger partial charge in [-0.3, -0.25) is 0 Å². The normalized spacial score (nSPS) is 9.50. The van der Waals surface area contributed by atoms with Crippen molar-refractivity contribution in [1.29, 1.82) is 5.41 Å². The fourth-order valence-corrected chi connectivity index (χ4v) is 0.841. The number of nitrogens with one attached hydrogen (secondary N) is 1. The van der Waals surface area contributed by atoms with Gasteiger partial charge in [0.05, 0.1) is 11.9 Å². The molecule has 0 unspecified atom stereocenters. The first-order chi connectivity index (χ1) is 5.65. The Morgan fingerprint density at radius 1 is 1.58 bits per heavy atom. The monoisotopic (exact) mass is 164 g/mol. The van der Waals surface area contributed by atoms with Gasteiger partial charge in [-0.15, -0.1) is 0 Å². The predicted molar refractivity (Wildman–Crippen MR) is 50.9 cm³/mol. The summed E-state index contributed by atoms with van der Waals surface area (Å²) >= 11 is 0. The maximum Gasteiger partial charge on any atom is 0.132 e. The predicted octanol–water partition coefficient (Wildman–Crippen LogP) is 0.727. The molecule has 12 heavy (non-hydrogen) atoms. The molecule has 0 atom stereocenters. The van der Waals surface area contributed by atoms with Crippen LogP contribution in [0.4, 0.5) is 11.5 Å². The van der Waals surface area contributed by atoms with E-state index in [2.05, 4.69) is 4.98 Å². The van der Waals surface area contributed by atoms with Crippen LogP contribution in [0.2, 0.25) is 0 Å². The van der Waals surface area contributed by atoms with Gasteiger partial charge in [-0.05, 0) is 6.07 Å². The molecule has 0 saturated carbocycles. The second-order valence-electron chi connectivity index (χ2n) is 2.71. The Morgan fingerprint density at radius 2 is 2.25 bits per heavy atom. The first kappa shape index (κ1) is 8.52. The minimum absolute atomic E-state index is 0.399. The molecule has 0 bridgehead atoms. The summed E-state index contributed by atoms with van der Waals surface area (Å²) in [6.45, 7) is 0. The topological polar surface area (TPSA) is 66.0 Å². The summed E-state index contributed by atoms with van der Waals surface area (Å²) in [5, 5.41) is 7.06. The average Bonchev–Trinajstić information content (AvgIpc) is 2.05. The Morgan fingerprint density at radius 3 is 2.75 bits per heavy atom. The molecule has 0 aliphatic rings. The molecular weight excluding hydrogens is 152 g/mol. The third kappa shape index (κ3) is 1.53. The van der Waals surface area contributed by atoms with Crippen molar-refractivity contribution < 1.29 is 0 Å². The van der Waals surface area contributed by atoms with Gasteiger partial charge in [0.1, 0.15) is 5.82 Å². The van der Waals surface area contributed by atoms with Gasteiger partial charge in [0.15, 0.2) is 0 Å². The van der Waals surface area contributed by atoms with Gasteiger partial charge in [0.25, 0.3) is 0 Å². The molecule has 0 amide bonds. The van der Waals surface area contributed by atoms with Crippen LogP contribution in [0.3, 0.4) is 0 Å². The molecule has 3 N–H and O–H groups in total. The highest BCUT2D eigenvalue weighted by Gasteiger charge is 2.00. The summed E-state index contributed by atoms with van der Waals surface area (Å²) in [5.74, 6) is 0.399. The second kappa shape index (κ2) is 3.21. The molecule has 1 aromatic rings. The third-order valence-corrected chi connectivity index (χ3v) is 1.61. The van der Waals surface area contributed by atoms with Gasteiger partial charge in [-0.25, -0.2) is 4.98 Å². The number of nitrogens with zero attached hydrogens (tertiary/aromatic N) is 2. The lowest BCUT2D eigenvalue weighted by Crippen LogP contribution is -2.10. The van der Waals surface area contributed by atoms with Gasteiger partial charge in [-0.1, -0.05) is 0 Å². The average molecular weight is 164 g/mol. The van der Waals surface area contributed by atoms with Crippen molar-refractivity contribution in [2.75, 3.05) is 24.7 Å². The third-order valence-electron chi connectivity index (χ3n) is 1.61. The largest absolute Gasteiger partial charge is 0.383 e. The molecule has 1 aromatic heterocycles. The molecule has 0 saturated heterocycles. The highest BCUT2D eigenvalue weighted by Crippen LogP contribution is 2.14. The smallest absolute Gasteiger partial charge is 0.132 e. The lowest BCUT2D eigenvalue weighted by molar-refractivity contribution is 1.11. The standard InChI is InChI=1S/C8H12N4/c1-12(2)7-3-6(4-9)8(10)11-5-7/h3-5,9H,1-2H3,(H2,10,11). The first-order valence-corrected chi connectivity index (χ1v) is 3.58. The Kier molecular flexibility index (Phi) is 2.28. The number of nitrogen functional groups attached to an aromatic ring is 1. The van der Waals surface area contributed by atoms with E-state index < -0.39 is 0 Å². The van der Waals surface area contributed by atoms with E-state index in [0.717, 1.165) is 5.69 Å². The molecular formula is C8H12N4. The molecule has 0 aliphatic carbocycles. The molecule has 0 spiro atoms. The summed E-state index contributed by atoms with van der Waals surface area (Å²) in [6.07, 6.45) is 2.89. The number of anilines is 2. The maximum atomic E-state index is 7.06. The summed E-state index contributed by atoms with van der Waals surface area (Å²) in [4.78, 5) is 5.87. The van der Waals surface area contributed by atoms with Crippen LogP contribution in [0.5, 0.6) is 0 Å². The zero-order valence-electron chi connectivity index (χ0n) is 7.20. The summed E-state index contributed by atoms with van der Waals surface area (Å²) < 4.78 is 0. The van der Waals surface area contributed by atoms with Crippen LogP contribution in [-0.2, 0) is 0 Å². The van der Waals surface area contributed by atoms with Crippen molar-refractivity contribution in [1.82, 2.24) is 4.98 Å². The van der Waals surface area contributed by atoms with Crippen molar-refractivity contribution in [3.8, 4) is 0 Å². The quantitative estimate of drug-likeness (QED) is 0.633. The van der Waals surface area contributed by atoms with E-state index in [9.17, 15) is 0 Å². The van der Waals surface area contributed by atoms with Crippen LogP contribution < -0.4 is 10.6 Å². The Bertz CT molecular complexity index is 293. The lowest BCUT2D eigenvalue weighted by Gasteiger charge is -2.12. The van der Waals surface area contributed by atoms with Gasteiger partial charge < -0.3 is 16.0 Å². The minimum atomic E-state index is 0.399. The first-order valence-electron chi connectivity index (χ1n) is 3.58. The van der Waals surface area contributed by atoms with Gasteiger partial charge >= 0.3 is 0 Å². The van der Waals surface area contributed by atoms with E-state index >= 15 is 0 Å². The van der Waals surface area contributed by atoms with Gasteiger partial charge in [0, 0.05) is 25.9 Å². The van der Waals surface area contributed by atoms with Crippen molar-refractivity contribution in [2.24, 2.45) is 0 Å². The fourth-order valence-electron chi connectivity index (χ4n) is 0.841. The molecule has 0 aliphatic heterocycles. The Labute approximate surface area is 71.5 Å². The van der Waals surface area contributed by atoms with Crippen molar-refractivity contribution in [3.63, 3.8) is 0 Å². The SMILES string of the molecule is CN(C)c1cnc(N)c(C=N)c1. The van der Waals surface area contributed by atoms with Gasteiger partial charge in [0.2, 0.25) is 0 Å². The Balaban J connectivity index is 3.13. The lowest BCUT2D eigenvalue weighted by atomic mass is 10.2. The van der Waals surface area contributed by atoms with Crippen LogP contribution in [0.25, 0.3) is 0 Å². The number of aromatic nitrogens is 1. The molecule has 1 rings (SSSR count). The van der Waals surface area contributed by atoms with Crippen LogP contribution in [0.1, 0.15) is 5.56 Å². The maximum absolute atomic E-state index is 7.06. The van der Waals surface area contributed by atoms with E-state index in [1.807, 2.05) is 25.1 Å². The van der Waals surface area contributed by atoms with E-state index in [-0.39, 0.29) is 0 Å². The van der Waals surface area contributed by atoms with E-state index in [1.165, 1.54) is 6.21 Å². The summed E-state index contributed by atoms with van der Waals surface area (Å²) in [5.41, 5.74) is 7.12. The van der Waals surface area contributed by atoms with Crippen molar-refractivity contribution >= 4 is 17.7 Å². The number of rotatable bonds is 2. The number of hydrogen-bond acceptors (Lipinski definition) is 4. The van der Waals surface area contributed by atoms with Gasteiger partial charge in [-0.2, -0.15) is 0 Å². The molecule has 4 heteroatoms. The van der Waals surface area contributed by atoms with E-state index in [1.54, 1.807) is 6.20 Å². The number of pyridine rings is 1. The molecule has 0 aromatic carbocycles. The Hall–Kier alpha value is -1.58. The second-order valence-corrected chi connectivity index (χ2v) is 2.71. The highest BCUT2D eigenvalue weighted by atomic mass is 15.1. The van der Waals surface area contributed by atoms with Crippen LogP contribution in [0.15, 0.2) is 12.3 Å². The van der Waals surface area contributed by atoms with Crippen LogP contribution >= 0.6 is 0 Å². The molecule has 0 fully saturated rings. The number of hydrogen-bond donors (Lipinski definition) is 2. The van der Waals surface area contributed by atoms with Crippen molar-refractivity contribution in [3.05, 3.63) is 17.8 Å².